The first kappa shape index (κ1) is 73.2. The Bertz CT molecular complexity index is 1170. The normalized spacial score (nSPS) is 12.0. The highest BCUT2D eigenvalue weighted by Gasteiger charge is 2.19. The monoisotopic (exact) mass is 1060 g/mol. The van der Waals surface area contributed by atoms with Crippen LogP contribution in [0.25, 0.3) is 0 Å². The number of hydrogen-bond donors (Lipinski definition) is 0. The summed E-state index contributed by atoms with van der Waals surface area (Å²) >= 11 is 0. The molecule has 6 heteroatoms. The van der Waals surface area contributed by atoms with Gasteiger partial charge in [-0.3, -0.25) is 14.4 Å². The standard InChI is InChI=1S/C69H132O6/c1-4-7-10-13-15-17-19-21-23-25-27-29-30-31-32-33-34-35-36-37-38-40-41-43-45-47-49-51-53-56-59-62-68(71)74-65-66(64-73-67(70)61-58-55-12-9-6-3)75-69(72)63-60-57-54-52-50-48-46-44-42-39-28-26-24-22-20-18-16-14-11-8-5-2/h26,28,66H,4-25,27,29-65H2,1-3H3/b28-26-. The minimum absolute atomic E-state index is 0.0659. The van der Waals surface area contributed by atoms with Gasteiger partial charge in [0.2, 0.25) is 0 Å². The van der Waals surface area contributed by atoms with Crippen molar-refractivity contribution in [2.45, 2.75) is 399 Å². The second kappa shape index (κ2) is 64.7. The zero-order chi connectivity index (χ0) is 54.3. The van der Waals surface area contributed by atoms with E-state index in [-0.39, 0.29) is 31.1 Å². The largest absolute Gasteiger partial charge is 0.462 e. The van der Waals surface area contributed by atoms with E-state index in [1.54, 1.807) is 0 Å². The SMILES string of the molecule is CCCCCCCCCC/C=C\CCCCCCCCCCCC(=O)OC(COC(=O)CCCCCCC)COC(=O)CCCCCCCCCCCCCCCCCCCCCCCCCCCCCCCCC. The van der Waals surface area contributed by atoms with Crippen LogP contribution < -0.4 is 0 Å². The van der Waals surface area contributed by atoms with Crippen molar-refractivity contribution in [1.29, 1.82) is 0 Å². The maximum absolute atomic E-state index is 12.8. The molecule has 0 aromatic rings. The van der Waals surface area contributed by atoms with E-state index < -0.39 is 6.10 Å². The lowest BCUT2D eigenvalue weighted by molar-refractivity contribution is -0.167. The summed E-state index contributed by atoms with van der Waals surface area (Å²) in [7, 11) is 0. The molecule has 0 saturated heterocycles. The molecule has 0 aliphatic rings. The van der Waals surface area contributed by atoms with Gasteiger partial charge >= 0.3 is 17.9 Å². The van der Waals surface area contributed by atoms with Crippen molar-refractivity contribution in [3.63, 3.8) is 0 Å². The quantitative estimate of drug-likeness (QED) is 0.0261. The minimum atomic E-state index is -0.765. The van der Waals surface area contributed by atoms with E-state index in [0.29, 0.717) is 19.3 Å². The van der Waals surface area contributed by atoms with Gasteiger partial charge in [-0.25, -0.2) is 0 Å². The van der Waals surface area contributed by atoms with Crippen molar-refractivity contribution in [2.24, 2.45) is 0 Å². The van der Waals surface area contributed by atoms with Gasteiger partial charge in [0.05, 0.1) is 0 Å². The molecular formula is C69H132O6. The smallest absolute Gasteiger partial charge is 0.306 e. The van der Waals surface area contributed by atoms with Gasteiger partial charge in [-0.2, -0.15) is 0 Å². The Balaban J connectivity index is 3.90. The van der Waals surface area contributed by atoms with Crippen LogP contribution in [-0.2, 0) is 28.6 Å². The zero-order valence-corrected chi connectivity index (χ0v) is 51.1. The Morgan fingerprint density at radius 3 is 0.667 bits per heavy atom. The Morgan fingerprint density at radius 1 is 0.253 bits per heavy atom. The minimum Gasteiger partial charge on any atom is -0.462 e. The summed E-state index contributed by atoms with van der Waals surface area (Å²) in [6, 6.07) is 0. The number of esters is 3. The van der Waals surface area contributed by atoms with E-state index in [9.17, 15) is 14.4 Å². The van der Waals surface area contributed by atoms with Crippen LogP contribution in [0.5, 0.6) is 0 Å². The van der Waals surface area contributed by atoms with Crippen molar-refractivity contribution in [3.8, 4) is 0 Å². The number of rotatable bonds is 64. The molecule has 1 atom stereocenters. The van der Waals surface area contributed by atoms with Crippen LogP contribution in [0.1, 0.15) is 393 Å². The van der Waals surface area contributed by atoms with Crippen LogP contribution in [0.15, 0.2) is 12.2 Å². The summed E-state index contributed by atoms with van der Waals surface area (Å²) in [5.41, 5.74) is 0. The molecule has 75 heavy (non-hydrogen) atoms. The van der Waals surface area contributed by atoms with Gasteiger partial charge in [-0.15, -0.1) is 0 Å². The average Bonchev–Trinajstić information content (AvgIpc) is 3.41. The molecule has 0 aromatic carbocycles. The van der Waals surface area contributed by atoms with E-state index in [4.69, 9.17) is 14.2 Å². The first-order valence-electron chi connectivity index (χ1n) is 34.2. The van der Waals surface area contributed by atoms with Gasteiger partial charge < -0.3 is 14.2 Å². The molecule has 0 saturated carbocycles. The number of carbonyl (C=O) groups excluding carboxylic acids is 3. The van der Waals surface area contributed by atoms with Gasteiger partial charge in [-0.05, 0) is 44.9 Å². The number of carbonyl (C=O) groups is 3. The third kappa shape index (κ3) is 62.9. The van der Waals surface area contributed by atoms with Crippen LogP contribution in [0.4, 0.5) is 0 Å². The molecule has 0 fully saturated rings. The van der Waals surface area contributed by atoms with Crippen LogP contribution in [0.2, 0.25) is 0 Å². The molecule has 444 valence electrons. The maximum Gasteiger partial charge on any atom is 0.306 e. The van der Waals surface area contributed by atoms with Gasteiger partial charge in [0, 0.05) is 19.3 Å². The summed E-state index contributed by atoms with van der Waals surface area (Å²) in [5.74, 6) is -0.856. The maximum atomic E-state index is 12.8. The molecule has 0 aromatic heterocycles. The number of hydrogen-bond acceptors (Lipinski definition) is 6. The van der Waals surface area contributed by atoms with Gasteiger partial charge in [0.15, 0.2) is 6.10 Å². The average molecular weight is 1060 g/mol. The van der Waals surface area contributed by atoms with E-state index >= 15 is 0 Å². The number of allylic oxidation sites excluding steroid dienone is 2. The van der Waals surface area contributed by atoms with E-state index in [2.05, 4.69) is 32.9 Å². The van der Waals surface area contributed by atoms with Gasteiger partial charge in [-0.1, -0.05) is 341 Å². The lowest BCUT2D eigenvalue weighted by Crippen LogP contribution is -2.30. The van der Waals surface area contributed by atoms with E-state index in [1.165, 1.54) is 289 Å². The highest BCUT2D eigenvalue weighted by atomic mass is 16.6. The Kier molecular flexibility index (Phi) is 63.1. The van der Waals surface area contributed by atoms with Crippen molar-refractivity contribution in [1.82, 2.24) is 0 Å². The Hall–Kier alpha value is -1.85. The molecular weight excluding hydrogens is 925 g/mol. The van der Waals surface area contributed by atoms with Gasteiger partial charge in [0.1, 0.15) is 13.2 Å². The fourth-order valence-electron chi connectivity index (χ4n) is 10.6. The molecule has 0 aliphatic carbocycles. The fraction of sp³-hybridized carbons (Fsp3) is 0.928. The molecule has 0 radical (unpaired) electrons. The second-order valence-corrected chi connectivity index (χ2v) is 23.5. The summed E-state index contributed by atoms with van der Waals surface area (Å²) < 4.78 is 16.8. The Morgan fingerprint density at radius 2 is 0.440 bits per heavy atom. The predicted octanol–water partition coefficient (Wildman–Crippen LogP) is 23.2. The molecule has 0 bridgehead atoms. The molecule has 0 amide bonds. The van der Waals surface area contributed by atoms with Crippen molar-refractivity contribution < 1.29 is 28.6 Å². The molecule has 0 N–H and O–H groups in total. The summed E-state index contributed by atoms with van der Waals surface area (Å²) in [4.78, 5) is 37.9. The zero-order valence-electron chi connectivity index (χ0n) is 51.1. The molecule has 6 nitrogen and oxygen atoms in total. The van der Waals surface area contributed by atoms with Crippen LogP contribution in [0.3, 0.4) is 0 Å². The highest BCUT2D eigenvalue weighted by Crippen LogP contribution is 2.19. The van der Waals surface area contributed by atoms with Crippen molar-refractivity contribution in [3.05, 3.63) is 12.2 Å². The first-order chi connectivity index (χ1) is 37.0. The van der Waals surface area contributed by atoms with E-state index in [1.807, 2.05) is 0 Å². The molecule has 0 spiro atoms. The van der Waals surface area contributed by atoms with Crippen LogP contribution >= 0.6 is 0 Å². The highest BCUT2D eigenvalue weighted by molar-refractivity contribution is 5.71. The number of ether oxygens (including phenoxy) is 3. The molecule has 1 unspecified atom stereocenters. The van der Waals surface area contributed by atoms with Gasteiger partial charge in [0.25, 0.3) is 0 Å². The topological polar surface area (TPSA) is 78.9 Å². The van der Waals surface area contributed by atoms with Crippen LogP contribution in [-0.4, -0.2) is 37.2 Å². The third-order valence-corrected chi connectivity index (χ3v) is 15.8. The second-order valence-electron chi connectivity index (χ2n) is 23.5. The summed E-state index contributed by atoms with van der Waals surface area (Å²) in [5, 5.41) is 0. The van der Waals surface area contributed by atoms with Crippen molar-refractivity contribution in [2.75, 3.05) is 13.2 Å². The van der Waals surface area contributed by atoms with Crippen molar-refractivity contribution >= 4 is 17.9 Å². The third-order valence-electron chi connectivity index (χ3n) is 15.8. The lowest BCUT2D eigenvalue weighted by atomic mass is 10.0. The molecule has 0 rings (SSSR count). The fourth-order valence-corrected chi connectivity index (χ4v) is 10.6. The predicted molar refractivity (Wildman–Crippen MR) is 326 cm³/mol. The first-order valence-corrected chi connectivity index (χ1v) is 34.2. The molecule has 0 aliphatic heterocycles. The summed E-state index contributed by atoms with van der Waals surface area (Å²) in [6.45, 7) is 6.63. The van der Waals surface area contributed by atoms with E-state index in [0.717, 1.165) is 64.2 Å². The van der Waals surface area contributed by atoms with Crippen LogP contribution in [0, 0.1) is 0 Å². The molecule has 0 heterocycles. The number of unbranched alkanes of at least 4 members (excludes halogenated alkanes) is 51. The lowest BCUT2D eigenvalue weighted by Gasteiger charge is -2.18. The summed E-state index contributed by atoms with van der Waals surface area (Å²) in [6.07, 6.45) is 77.3. The Labute approximate surface area is 469 Å².